The molecule has 158 valence electrons. The highest BCUT2D eigenvalue weighted by molar-refractivity contribution is 7.87. The predicted molar refractivity (Wildman–Crippen MR) is 114 cm³/mol. The molecule has 0 aliphatic rings. The van der Waals surface area contributed by atoms with Gasteiger partial charge in [0.1, 0.15) is 5.75 Å². The van der Waals surface area contributed by atoms with Gasteiger partial charge in [-0.15, -0.1) is 0 Å². The van der Waals surface area contributed by atoms with Crippen LogP contribution in [-0.4, -0.2) is 45.4 Å². The molecule has 2 aromatic rings. The van der Waals surface area contributed by atoms with Crippen LogP contribution in [0.2, 0.25) is 10.0 Å². The molecule has 0 saturated heterocycles. The van der Waals surface area contributed by atoms with Gasteiger partial charge in [0.2, 0.25) is 0 Å². The summed E-state index contributed by atoms with van der Waals surface area (Å²) in [5.41, 5.74) is 1.11. The zero-order valence-electron chi connectivity index (χ0n) is 16.0. The number of benzene rings is 2. The molecule has 10 heteroatoms. The Kier molecular flexibility index (Phi) is 8.58. The molecular weight excluding hydrogens is 439 g/mol. The van der Waals surface area contributed by atoms with Crippen LogP contribution >= 0.6 is 23.2 Å². The van der Waals surface area contributed by atoms with Crippen LogP contribution in [0.5, 0.6) is 5.75 Å². The number of hydrogen-bond acceptors (Lipinski definition) is 5. The van der Waals surface area contributed by atoms with Gasteiger partial charge in [-0.05, 0) is 36.8 Å². The average molecular weight is 461 g/mol. The number of rotatable bonds is 9. The molecule has 0 fully saturated rings. The summed E-state index contributed by atoms with van der Waals surface area (Å²) in [6.45, 7) is 2.42. The third-order valence-corrected chi connectivity index (χ3v) is 5.70. The molecule has 0 saturated carbocycles. The molecule has 7 nitrogen and oxygen atoms in total. The summed E-state index contributed by atoms with van der Waals surface area (Å²) < 4.78 is 33.1. The van der Waals surface area contributed by atoms with Crippen LogP contribution in [0, 0.1) is 0 Å². The van der Waals surface area contributed by atoms with E-state index in [2.05, 4.69) is 5.32 Å². The lowest BCUT2D eigenvalue weighted by Crippen LogP contribution is -2.37. The Balaban J connectivity index is 2.12. The van der Waals surface area contributed by atoms with E-state index in [-0.39, 0.29) is 18.0 Å². The molecule has 2 amide bonds. The minimum atomic E-state index is -3.59. The summed E-state index contributed by atoms with van der Waals surface area (Å²) >= 11 is 12.2. The highest BCUT2D eigenvalue weighted by Crippen LogP contribution is 2.30. The molecule has 2 rings (SSSR count). The molecule has 0 aliphatic heterocycles. The van der Waals surface area contributed by atoms with Crippen LogP contribution < -0.4 is 9.50 Å². The molecule has 0 unspecified atom stereocenters. The van der Waals surface area contributed by atoms with E-state index in [0.29, 0.717) is 28.9 Å². The van der Waals surface area contributed by atoms with Gasteiger partial charge in [-0.25, -0.2) is 4.79 Å². The summed E-state index contributed by atoms with van der Waals surface area (Å²) in [7, 11) is -2.05. The van der Waals surface area contributed by atoms with E-state index < -0.39 is 16.1 Å². The van der Waals surface area contributed by atoms with Gasteiger partial charge >= 0.3 is 16.1 Å². The number of hydrogen-bond donors (Lipinski definition) is 1. The molecule has 0 aromatic heterocycles. The van der Waals surface area contributed by atoms with E-state index in [0.717, 1.165) is 5.56 Å². The minimum Gasteiger partial charge on any atom is -0.383 e. The lowest BCUT2D eigenvalue weighted by molar-refractivity contribution is 0.153. The van der Waals surface area contributed by atoms with Crippen molar-refractivity contribution in [3.63, 3.8) is 0 Å². The van der Waals surface area contributed by atoms with Crippen LogP contribution in [-0.2, 0) is 21.4 Å². The Hall–Kier alpha value is -2.00. The number of amides is 2. The van der Waals surface area contributed by atoms with Crippen molar-refractivity contribution < 1.29 is 22.1 Å². The average Bonchev–Trinajstić information content (AvgIpc) is 2.69. The molecule has 0 aliphatic carbocycles. The Morgan fingerprint density at radius 2 is 1.72 bits per heavy atom. The van der Waals surface area contributed by atoms with Crippen molar-refractivity contribution >= 4 is 45.0 Å². The SMILES string of the molecule is CCS(=O)(=O)Oc1ccc(CN(CCOC)C(=O)Nc2c(Cl)cccc2Cl)cc1. The third kappa shape index (κ3) is 7.08. The Bertz CT molecular complexity index is 916. The van der Waals surface area contributed by atoms with Crippen LogP contribution in [0.4, 0.5) is 10.5 Å². The lowest BCUT2D eigenvalue weighted by atomic mass is 10.2. The number of carbonyl (C=O) groups excluding carboxylic acids is 1. The van der Waals surface area contributed by atoms with Crippen molar-refractivity contribution in [2.45, 2.75) is 13.5 Å². The van der Waals surface area contributed by atoms with Gasteiger partial charge in [-0.3, -0.25) is 0 Å². The van der Waals surface area contributed by atoms with Gasteiger partial charge in [0.25, 0.3) is 0 Å². The number of halogens is 2. The zero-order chi connectivity index (χ0) is 21.4. The number of urea groups is 1. The first-order valence-electron chi connectivity index (χ1n) is 8.75. The third-order valence-electron chi connectivity index (χ3n) is 3.92. The second kappa shape index (κ2) is 10.7. The number of para-hydroxylation sites is 1. The number of ether oxygens (including phenoxy) is 1. The fourth-order valence-electron chi connectivity index (χ4n) is 2.33. The fourth-order valence-corrected chi connectivity index (χ4v) is 3.35. The highest BCUT2D eigenvalue weighted by Gasteiger charge is 2.17. The molecule has 29 heavy (non-hydrogen) atoms. The van der Waals surface area contributed by atoms with Crippen molar-refractivity contribution in [2.24, 2.45) is 0 Å². The van der Waals surface area contributed by atoms with Gasteiger partial charge in [0.05, 0.1) is 28.1 Å². The molecule has 0 radical (unpaired) electrons. The maximum atomic E-state index is 12.8. The Labute approximate surface area is 180 Å². The smallest absolute Gasteiger partial charge is 0.322 e. The van der Waals surface area contributed by atoms with E-state index in [1.807, 2.05) is 0 Å². The topological polar surface area (TPSA) is 84.9 Å². The number of anilines is 1. The quantitative estimate of drug-likeness (QED) is 0.560. The highest BCUT2D eigenvalue weighted by atomic mass is 35.5. The van der Waals surface area contributed by atoms with Crippen molar-refractivity contribution in [1.82, 2.24) is 4.90 Å². The van der Waals surface area contributed by atoms with E-state index in [9.17, 15) is 13.2 Å². The van der Waals surface area contributed by atoms with Crippen LogP contribution in [0.3, 0.4) is 0 Å². The molecule has 1 N–H and O–H groups in total. The minimum absolute atomic E-state index is 0.121. The number of nitrogens with zero attached hydrogens (tertiary/aromatic N) is 1. The first-order chi connectivity index (χ1) is 13.8. The number of methoxy groups -OCH3 is 1. The fraction of sp³-hybridized carbons (Fsp3) is 0.316. The Morgan fingerprint density at radius 1 is 1.10 bits per heavy atom. The molecule has 2 aromatic carbocycles. The summed E-state index contributed by atoms with van der Waals surface area (Å²) in [6, 6.07) is 11.0. The largest absolute Gasteiger partial charge is 0.383 e. The van der Waals surface area contributed by atoms with E-state index >= 15 is 0 Å². The summed E-state index contributed by atoms with van der Waals surface area (Å²) in [5.74, 6) is 0.0935. The van der Waals surface area contributed by atoms with Crippen molar-refractivity contribution in [3.8, 4) is 5.75 Å². The van der Waals surface area contributed by atoms with Crippen LogP contribution in [0.15, 0.2) is 42.5 Å². The maximum absolute atomic E-state index is 12.8. The second-order valence-corrected chi connectivity index (χ2v) is 8.69. The summed E-state index contributed by atoms with van der Waals surface area (Å²) in [5, 5.41) is 3.38. The van der Waals surface area contributed by atoms with E-state index in [4.69, 9.17) is 32.1 Å². The van der Waals surface area contributed by atoms with Gasteiger partial charge in [-0.2, -0.15) is 8.42 Å². The van der Waals surface area contributed by atoms with Crippen LogP contribution in [0.25, 0.3) is 0 Å². The zero-order valence-corrected chi connectivity index (χ0v) is 18.4. The van der Waals surface area contributed by atoms with E-state index in [1.165, 1.54) is 11.8 Å². The second-order valence-electron chi connectivity index (χ2n) is 6.01. The van der Waals surface area contributed by atoms with Crippen LogP contribution in [0.1, 0.15) is 12.5 Å². The normalized spacial score (nSPS) is 11.2. The molecule has 0 bridgehead atoms. The molecule has 0 atom stereocenters. The molecular formula is C19H22Cl2N2O5S. The van der Waals surface area contributed by atoms with Gasteiger partial charge in [-0.1, -0.05) is 41.4 Å². The van der Waals surface area contributed by atoms with Crippen molar-refractivity contribution in [3.05, 3.63) is 58.1 Å². The van der Waals surface area contributed by atoms with Crippen molar-refractivity contribution in [2.75, 3.05) is 31.3 Å². The van der Waals surface area contributed by atoms with Gasteiger partial charge < -0.3 is 19.1 Å². The van der Waals surface area contributed by atoms with E-state index in [1.54, 1.807) is 49.6 Å². The molecule has 0 spiro atoms. The monoisotopic (exact) mass is 460 g/mol. The first kappa shape index (κ1) is 23.3. The first-order valence-corrected chi connectivity index (χ1v) is 11.1. The summed E-state index contributed by atoms with van der Waals surface area (Å²) in [4.78, 5) is 14.3. The lowest BCUT2D eigenvalue weighted by Gasteiger charge is -2.23. The molecule has 0 heterocycles. The standard InChI is InChI=1S/C19H22Cl2N2O5S/c1-3-29(25,26)28-15-9-7-14(8-10-15)13-23(11-12-27-2)19(24)22-18-16(20)5-4-6-17(18)21/h4-10H,3,11-13H2,1-2H3,(H,22,24). The summed E-state index contributed by atoms with van der Waals surface area (Å²) in [6.07, 6.45) is 0. The van der Waals surface area contributed by atoms with Gasteiger partial charge in [0.15, 0.2) is 0 Å². The maximum Gasteiger partial charge on any atom is 0.322 e. The number of nitrogens with one attached hydrogen (secondary N) is 1. The Morgan fingerprint density at radius 3 is 2.28 bits per heavy atom. The van der Waals surface area contributed by atoms with Crippen molar-refractivity contribution in [1.29, 1.82) is 0 Å². The predicted octanol–water partition coefficient (Wildman–Crippen LogP) is 4.40. The van der Waals surface area contributed by atoms with Gasteiger partial charge in [0, 0.05) is 20.2 Å². The number of carbonyl (C=O) groups is 1.